The lowest BCUT2D eigenvalue weighted by Crippen LogP contribution is -1.98. The van der Waals surface area contributed by atoms with Gasteiger partial charge in [0.25, 0.3) is 0 Å². The first-order valence-corrected chi connectivity index (χ1v) is 14.4. The lowest BCUT2D eigenvalue weighted by molar-refractivity contribution is 1.13. The fraction of sp³-hybridized carbons (Fsp3) is 0. The normalized spacial score (nSPS) is 11.3. The van der Waals surface area contributed by atoms with Gasteiger partial charge < -0.3 is 0 Å². The van der Waals surface area contributed by atoms with Crippen LogP contribution in [0.4, 0.5) is 0 Å². The third kappa shape index (κ3) is 4.55. The quantitative estimate of drug-likeness (QED) is 0.214. The Balaban J connectivity index is 1.30. The summed E-state index contributed by atoms with van der Waals surface area (Å²) < 4.78 is 2.23. The van der Waals surface area contributed by atoms with Crippen LogP contribution in [0.2, 0.25) is 0 Å². The van der Waals surface area contributed by atoms with Crippen LogP contribution in [0.25, 0.3) is 72.7 Å². The molecule has 3 heterocycles. The van der Waals surface area contributed by atoms with E-state index in [4.69, 9.17) is 15.0 Å². The molecule has 0 fully saturated rings. The first-order valence-electron chi connectivity index (χ1n) is 14.4. The highest BCUT2D eigenvalue weighted by Crippen LogP contribution is 2.34. The predicted octanol–water partition coefficient (Wildman–Crippen LogP) is 9.64. The van der Waals surface area contributed by atoms with Crippen molar-refractivity contribution in [1.82, 2.24) is 19.5 Å². The molecule has 0 saturated carbocycles. The van der Waals surface area contributed by atoms with E-state index in [1.54, 1.807) is 0 Å². The largest absolute Gasteiger partial charge is 0.294 e. The number of pyridine rings is 1. The van der Waals surface area contributed by atoms with Crippen LogP contribution in [-0.2, 0) is 0 Å². The zero-order valence-electron chi connectivity index (χ0n) is 23.3. The molecule has 0 aliphatic carbocycles. The molecule has 4 nitrogen and oxygen atoms in total. The Morgan fingerprint density at radius 1 is 0.419 bits per heavy atom. The number of nitrogens with zero attached hydrogens (tertiary/aromatic N) is 4. The minimum atomic E-state index is 0.696. The highest BCUT2D eigenvalue weighted by atomic mass is 15.0. The Bertz CT molecular complexity index is 2180. The van der Waals surface area contributed by atoms with Gasteiger partial charge in [0, 0.05) is 39.3 Å². The Morgan fingerprint density at radius 3 is 1.81 bits per heavy atom. The molecular weight excluding hydrogens is 524 g/mol. The van der Waals surface area contributed by atoms with E-state index >= 15 is 0 Å². The van der Waals surface area contributed by atoms with Gasteiger partial charge >= 0.3 is 0 Å². The van der Waals surface area contributed by atoms with Crippen molar-refractivity contribution in [2.75, 3.05) is 0 Å². The van der Waals surface area contributed by atoms with Gasteiger partial charge in [0.15, 0.2) is 5.82 Å². The molecule has 0 saturated heterocycles. The summed E-state index contributed by atoms with van der Waals surface area (Å²) in [5.41, 5.74) is 10.2. The summed E-state index contributed by atoms with van der Waals surface area (Å²) >= 11 is 0. The molecule has 0 unspecified atom stereocenters. The summed E-state index contributed by atoms with van der Waals surface area (Å²) in [7, 11) is 0. The zero-order valence-corrected chi connectivity index (χ0v) is 23.3. The van der Waals surface area contributed by atoms with Crippen LogP contribution in [-0.4, -0.2) is 19.5 Å². The van der Waals surface area contributed by atoms with E-state index < -0.39 is 0 Å². The minimum Gasteiger partial charge on any atom is -0.294 e. The summed E-state index contributed by atoms with van der Waals surface area (Å²) in [5, 5.41) is 2.32. The van der Waals surface area contributed by atoms with Gasteiger partial charge in [0.2, 0.25) is 0 Å². The number of benzene rings is 5. The fourth-order valence-electron chi connectivity index (χ4n) is 5.81. The maximum absolute atomic E-state index is 5.09. The lowest BCUT2D eigenvalue weighted by atomic mass is 10.0. The van der Waals surface area contributed by atoms with E-state index in [1.165, 1.54) is 10.9 Å². The first kappa shape index (κ1) is 24.9. The number of rotatable bonds is 5. The summed E-state index contributed by atoms with van der Waals surface area (Å²) in [6.45, 7) is 0. The molecule has 0 spiro atoms. The molecule has 0 bridgehead atoms. The molecule has 8 aromatic rings. The Hall–Kier alpha value is -5.87. The molecule has 43 heavy (non-hydrogen) atoms. The van der Waals surface area contributed by atoms with E-state index in [-0.39, 0.29) is 0 Å². The number of aromatic nitrogens is 4. The van der Waals surface area contributed by atoms with Gasteiger partial charge in [-0.05, 0) is 53.6 Å². The first-order chi connectivity index (χ1) is 21.3. The highest BCUT2D eigenvalue weighted by molar-refractivity contribution is 6.07. The second-order valence-corrected chi connectivity index (χ2v) is 10.6. The standard InChI is InChI=1S/C39H26N4/c1-3-12-27(13-4-1)29-16-9-17-30(24-29)35-26-36(42-38(41-35)28-14-5-2-6-15-28)31-18-10-19-32(25-31)43-37-22-8-7-20-33(37)34-21-11-23-40-39(34)43/h1-26H. The number of para-hydroxylation sites is 1. The van der Waals surface area contributed by atoms with Gasteiger partial charge in [-0.1, -0.05) is 109 Å². The van der Waals surface area contributed by atoms with Crippen LogP contribution >= 0.6 is 0 Å². The predicted molar refractivity (Wildman–Crippen MR) is 176 cm³/mol. The average molecular weight is 551 g/mol. The van der Waals surface area contributed by atoms with Crippen LogP contribution in [0.1, 0.15) is 0 Å². The molecule has 3 aromatic heterocycles. The molecule has 4 heteroatoms. The molecule has 0 N–H and O–H groups in total. The molecular formula is C39H26N4. The van der Waals surface area contributed by atoms with Crippen LogP contribution in [0, 0.1) is 0 Å². The molecule has 5 aromatic carbocycles. The zero-order chi connectivity index (χ0) is 28.6. The van der Waals surface area contributed by atoms with E-state index in [9.17, 15) is 0 Å². The van der Waals surface area contributed by atoms with E-state index in [1.807, 2.05) is 36.5 Å². The van der Waals surface area contributed by atoms with Crippen molar-refractivity contribution in [3.63, 3.8) is 0 Å². The van der Waals surface area contributed by atoms with Crippen molar-refractivity contribution in [2.24, 2.45) is 0 Å². The lowest BCUT2D eigenvalue weighted by Gasteiger charge is -2.12. The van der Waals surface area contributed by atoms with Crippen molar-refractivity contribution in [1.29, 1.82) is 0 Å². The minimum absolute atomic E-state index is 0.696. The van der Waals surface area contributed by atoms with E-state index in [2.05, 4.69) is 126 Å². The number of fused-ring (bicyclic) bond motifs is 3. The van der Waals surface area contributed by atoms with Gasteiger partial charge in [-0.15, -0.1) is 0 Å². The Morgan fingerprint density at radius 2 is 1.02 bits per heavy atom. The van der Waals surface area contributed by atoms with Crippen LogP contribution in [0.15, 0.2) is 158 Å². The summed E-state index contributed by atoms with van der Waals surface area (Å²) in [5.74, 6) is 0.696. The van der Waals surface area contributed by atoms with Crippen molar-refractivity contribution in [3.05, 3.63) is 158 Å². The van der Waals surface area contributed by atoms with Gasteiger partial charge in [0.1, 0.15) is 5.65 Å². The van der Waals surface area contributed by atoms with Gasteiger partial charge in [0.05, 0.1) is 16.9 Å². The molecule has 0 radical (unpaired) electrons. The van der Waals surface area contributed by atoms with Gasteiger partial charge in [-0.3, -0.25) is 4.57 Å². The maximum atomic E-state index is 5.09. The molecule has 0 atom stereocenters. The van der Waals surface area contributed by atoms with Crippen molar-refractivity contribution in [3.8, 4) is 50.7 Å². The van der Waals surface area contributed by atoms with Crippen LogP contribution in [0.3, 0.4) is 0 Å². The number of hydrogen-bond donors (Lipinski definition) is 0. The second kappa shape index (κ2) is 10.5. The topological polar surface area (TPSA) is 43.6 Å². The molecule has 0 amide bonds. The maximum Gasteiger partial charge on any atom is 0.160 e. The van der Waals surface area contributed by atoms with Crippen molar-refractivity contribution in [2.45, 2.75) is 0 Å². The van der Waals surface area contributed by atoms with Gasteiger partial charge in [-0.2, -0.15) is 0 Å². The van der Waals surface area contributed by atoms with Crippen LogP contribution < -0.4 is 0 Å². The molecule has 202 valence electrons. The SMILES string of the molecule is c1ccc(-c2cccc(-c3cc(-c4cccc(-n5c6ccccc6c6cccnc65)c4)nc(-c4ccccc4)n3)c2)cc1. The summed E-state index contributed by atoms with van der Waals surface area (Å²) in [4.78, 5) is 14.9. The highest BCUT2D eigenvalue weighted by Gasteiger charge is 2.15. The molecule has 0 aliphatic heterocycles. The Kier molecular flexibility index (Phi) is 6.08. The second-order valence-electron chi connectivity index (χ2n) is 10.6. The smallest absolute Gasteiger partial charge is 0.160 e. The third-order valence-corrected chi connectivity index (χ3v) is 7.86. The van der Waals surface area contributed by atoms with E-state index in [0.29, 0.717) is 5.82 Å². The summed E-state index contributed by atoms with van der Waals surface area (Å²) in [6, 6.07) is 52.4. The third-order valence-electron chi connectivity index (χ3n) is 7.86. The van der Waals surface area contributed by atoms with Gasteiger partial charge in [-0.25, -0.2) is 15.0 Å². The fourth-order valence-corrected chi connectivity index (χ4v) is 5.81. The Labute approximate surface area is 249 Å². The average Bonchev–Trinajstić information content (AvgIpc) is 3.43. The van der Waals surface area contributed by atoms with Crippen molar-refractivity contribution >= 4 is 21.9 Å². The van der Waals surface area contributed by atoms with Crippen LogP contribution in [0.5, 0.6) is 0 Å². The van der Waals surface area contributed by atoms with E-state index in [0.717, 1.165) is 55.9 Å². The monoisotopic (exact) mass is 550 g/mol. The van der Waals surface area contributed by atoms with Crippen molar-refractivity contribution < 1.29 is 0 Å². The summed E-state index contributed by atoms with van der Waals surface area (Å²) in [6.07, 6.45) is 1.86. The molecule has 8 rings (SSSR count). The molecule has 0 aliphatic rings. The number of hydrogen-bond acceptors (Lipinski definition) is 3.